The van der Waals surface area contributed by atoms with Crippen LogP contribution < -0.4 is 0 Å². The van der Waals surface area contributed by atoms with E-state index in [1.165, 1.54) is 18.9 Å². The lowest BCUT2D eigenvalue weighted by Crippen LogP contribution is -2.32. The number of nitrogens with zero attached hydrogens (tertiary/aromatic N) is 1. The Balaban J connectivity index is 2.13. The topological polar surface area (TPSA) is 20.3 Å². The van der Waals surface area contributed by atoms with E-state index >= 15 is 0 Å². The second-order valence-electron chi connectivity index (χ2n) is 5.48. The summed E-state index contributed by atoms with van der Waals surface area (Å²) in [5, 5.41) is 0. The second-order valence-corrected chi connectivity index (χ2v) is 5.48. The van der Waals surface area contributed by atoms with Gasteiger partial charge >= 0.3 is 0 Å². The van der Waals surface area contributed by atoms with Gasteiger partial charge in [-0.2, -0.15) is 0 Å². The minimum atomic E-state index is -0.410. The highest BCUT2D eigenvalue weighted by molar-refractivity contribution is 5.94. The smallest absolute Gasteiger partial charge is 0.256 e. The predicted octanol–water partition coefficient (Wildman–Crippen LogP) is 3.79. The minimum absolute atomic E-state index is 0.155. The van der Waals surface area contributed by atoms with Crippen LogP contribution in [0.2, 0.25) is 0 Å². The van der Waals surface area contributed by atoms with Crippen molar-refractivity contribution in [2.45, 2.75) is 39.5 Å². The molecule has 2 rings (SSSR count). The van der Waals surface area contributed by atoms with Gasteiger partial charge in [-0.05, 0) is 44.2 Å². The van der Waals surface area contributed by atoms with Crippen molar-refractivity contribution >= 4 is 5.91 Å². The summed E-state index contributed by atoms with van der Waals surface area (Å²) in [5.41, 5.74) is 1.14. The first-order valence-corrected chi connectivity index (χ1v) is 7.17. The number of carbonyl (C=O) groups is 1. The van der Waals surface area contributed by atoms with Gasteiger partial charge in [-0.1, -0.05) is 25.0 Å². The van der Waals surface area contributed by atoms with E-state index in [-0.39, 0.29) is 11.5 Å². The summed E-state index contributed by atoms with van der Waals surface area (Å²) in [6.45, 7) is 5.58. The molecule has 0 spiro atoms. The van der Waals surface area contributed by atoms with Crippen LogP contribution in [0.1, 0.15) is 48.5 Å². The Morgan fingerprint density at radius 3 is 2.89 bits per heavy atom. The molecule has 3 heteroatoms. The van der Waals surface area contributed by atoms with Crippen LogP contribution in [0.25, 0.3) is 0 Å². The first-order chi connectivity index (χ1) is 9.11. The Hall–Kier alpha value is -1.38. The SMILES string of the molecule is CCC1CCCN(C(=O)c2cc(C)ccc2F)CC1. The maximum absolute atomic E-state index is 13.8. The molecular formula is C16H22FNO. The molecule has 0 bridgehead atoms. The third-order valence-electron chi connectivity index (χ3n) is 4.06. The lowest BCUT2D eigenvalue weighted by atomic mass is 9.98. The third-order valence-corrected chi connectivity index (χ3v) is 4.06. The molecule has 1 aromatic rings. The number of benzene rings is 1. The van der Waals surface area contributed by atoms with Gasteiger partial charge in [-0.3, -0.25) is 4.79 Å². The molecule has 1 fully saturated rings. The number of carbonyl (C=O) groups excluding carboxylic acids is 1. The van der Waals surface area contributed by atoms with Gasteiger partial charge in [-0.15, -0.1) is 0 Å². The zero-order valence-corrected chi connectivity index (χ0v) is 11.8. The lowest BCUT2D eigenvalue weighted by molar-refractivity contribution is 0.0755. The first kappa shape index (κ1) is 14.0. The molecule has 104 valence electrons. The fourth-order valence-electron chi connectivity index (χ4n) is 2.75. The predicted molar refractivity (Wildman–Crippen MR) is 74.7 cm³/mol. The van der Waals surface area contributed by atoms with E-state index in [1.54, 1.807) is 12.1 Å². The highest BCUT2D eigenvalue weighted by Crippen LogP contribution is 2.22. The molecule has 19 heavy (non-hydrogen) atoms. The minimum Gasteiger partial charge on any atom is -0.339 e. The van der Waals surface area contributed by atoms with Crippen LogP contribution in [0.3, 0.4) is 0 Å². The molecule has 0 saturated carbocycles. The summed E-state index contributed by atoms with van der Waals surface area (Å²) in [4.78, 5) is 14.2. The molecule has 1 atom stereocenters. The van der Waals surface area contributed by atoms with Gasteiger partial charge in [0.25, 0.3) is 5.91 Å². The van der Waals surface area contributed by atoms with Crippen molar-refractivity contribution in [2.24, 2.45) is 5.92 Å². The number of hydrogen-bond acceptors (Lipinski definition) is 1. The number of aryl methyl sites for hydroxylation is 1. The van der Waals surface area contributed by atoms with Crippen molar-refractivity contribution in [1.29, 1.82) is 0 Å². The monoisotopic (exact) mass is 263 g/mol. The summed E-state index contributed by atoms with van der Waals surface area (Å²) < 4.78 is 13.8. The van der Waals surface area contributed by atoms with Crippen molar-refractivity contribution in [3.05, 3.63) is 35.1 Å². The van der Waals surface area contributed by atoms with Crippen molar-refractivity contribution in [3.63, 3.8) is 0 Å². The van der Waals surface area contributed by atoms with E-state index < -0.39 is 5.82 Å². The highest BCUT2D eigenvalue weighted by Gasteiger charge is 2.22. The molecule has 1 amide bonds. The summed E-state index contributed by atoms with van der Waals surface area (Å²) in [6, 6.07) is 4.73. The summed E-state index contributed by atoms with van der Waals surface area (Å²) in [7, 11) is 0. The fraction of sp³-hybridized carbons (Fsp3) is 0.562. The van der Waals surface area contributed by atoms with E-state index in [0.29, 0.717) is 5.92 Å². The van der Waals surface area contributed by atoms with Crippen LogP contribution >= 0.6 is 0 Å². The Morgan fingerprint density at radius 1 is 1.37 bits per heavy atom. The zero-order chi connectivity index (χ0) is 13.8. The Labute approximate surface area is 114 Å². The molecule has 0 N–H and O–H groups in total. The van der Waals surface area contributed by atoms with Gasteiger partial charge in [0.05, 0.1) is 5.56 Å². The van der Waals surface area contributed by atoms with Gasteiger partial charge in [0.1, 0.15) is 5.82 Å². The lowest BCUT2D eigenvalue weighted by Gasteiger charge is -2.21. The second kappa shape index (κ2) is 6.18. The number of hydrogen-bond donors (Lipinski definition) is 0. The molecule has 0 aliphatic carbocycles. The van der Waals surface area contributed by atoms with E-state index in [1.807, 2.05) is 11.8 Å². The van der Waals surface area contributed by atoms with Crippen LogP contribution in [0.4, 0.5) is 4.39 Å². The molecule has 1 aliphatic heterocycles. The molecule has 0 aromatic heterocycles. The standard InChI is InChI=1S/C16H22FNO/c1-3-13-5-4-9-18(10-8-13)16(19)14-11-12(2)6-7-15(14)17/h6-7,11,13H,3-5,8-10H2,1-2H3. The maximum atomic E-state index is 13.8. The van der Waals surface area contributed by atoms with Crippen molar-refractivity contribution in [3.8, 4) is 0 Å². The van der Waals surface area contributed by atoms with Gasteiger partial charge in [0.2, 0.25) is 0 Å². The Morgan fingerprint density at radius 2 is 2.16 bits per heavy atom. The van der Waals surface area contributed by atoms with Crippen LogP contribution in [0.15, 0.2) is 18.2 Å². The van der Waals surface area contributed by atoms with Gasteiger partial charge < -0.3 is 4.90 Å². The molecule has 1 unspecified atom stereocenters. The molecule has 1 aromatic carbocycles. The van der Waals surface area contributed by atoms with Crippen molar-refractivity contribution in [1.82, 2.24) is 4.90 Å². The van der Waals surface area contributed by atoms with Crippen LogP contribution in [-0.2, 0) is 0 Å². The average molecular weight is 263 g/mol. The largest absolute Gasteiger partial charge is 0.339 e. The zero-order valence-electron chi connectivity index (χ0n) is 11.8. The van der Waals surface area contributed by atoms with Crippen LogP contribution in [-0.4, -0.2) is 23.9 Å². The highest BCUT2D eigenvalue weighted by atomic mass is 19.1. The maximum Gasteiger partial charge on any atom is 0.256 e. The molecule has 2 nitrogen and oxygen atoms in total. The van der Waals surface area contributed by atoms with Gasteiger partial charge in [0, 0.05) is 13.1 Å². The molecule has 1 saturated heterocycles. The third kappa shape index (κ3) is 3.34. The molecule has 1 aliphatic rings. The number of halogens is 1. The van der Waals surface area contributed by atoms with Crippen LogP contribution in [0.5, 0.6) is 0 Å². The van der Waals surface area contributed by atoms with Crippen molar-refractivity contribution in [2.75, 3.05) is 13.1 Å². The fourth-order valence-corrected chi connectivity index (χ4v) is 2.75. The molecule has 1 heterocycles. The summed E-state index contributed by atoms with van der Waals surface area (Å²) >= 11 is 0. The normalized spacial score (nSPS) is 20.2. The Kier molecular flexibility index (Phi) is 4.56. The average Bonchev–Trinajstić information content (AvgIpc) is 2.66. The van der Waals surface area contributed by atoms with E-state index in [4.69, 9.17) is 0 Å². The van der Waals surface area contributed by atoms with Crippen LogP contribution in [0, 0.1) is 18.7 Å². The summed E-state index contributed by atoms with van der Waals surface area (Å²) in [5.74, 6) is 0.144. The van der Waals surface area contributed by atoms with E-state index in [2.05, 4.69) is 6.92 Å². The van der Waals surface area contributed by atoms with E-state index in [0.717, 1.165) is 31.5 Å². The molecular weight excluding hydrogens is 241 g/mol. The van der Waals surface area contributed by atoms with Gasteiger partial charge in [0.15, 0.2) is 0 Å². The summed E-state index contributed by atoms with van der Waals surface area (Å²) in [6.07, 6.45) is 4.41. The Bertz CT molecular complexity index is 458. The first-order valence-electron chi connectivity index (χ1n) is 7.17. The number of amides is 1. The van der Waals surface area contributed by atoms with Crippen molar-refractivity contribution < 1.29 is 9.18 Å². The molecule has 0 radical (unpaired) electrons. The number of likely N-dealkylation sites (tertiary alicyclic amines) is 1. The van der Waals surface area contributed by atoms with E-state index in [9.17, 15) is 9.18 Å². The van der Waals surface area contributed by atoms with Gasteiger partial charge in [-0.25, -0.2) is 4.39 Å². The number of rotatable bonds is 2. The quantitative estimate of drug-likeness (QED) is 0.795.